The molecule has 0 N–H and O–H groups in total. The van der Waals surface area contributed by atoms with Crippen LogP contribution in [0.25, 0.3) is 0 Å². The van der Waals surface area contributed by atoms with Gasteiger partial charge in [-0.25, -0.2) is 0 Å². The lowest BCUT2D eigenvalue weighted by molar-refractivity contribution is -0.870. The van der Waals surface area contributed by atoms with E-state index in [-0.39, 0.29) is 32.0 Å². The monoisotopic (exact) mass is 1250 g/mol. The summed E-state index contributed by atoms with van der Waals surface area (Å²) in [5, 5.41) is 0. The molecule has 0 aliphatic heterocycles. The molecule has 0 amide bonds. The number of allylic oxidation sites excluding steroid dienone is 20. The highest BCUT2D eigenvalue weighted by molar-refractivity contribution is 7.45. The van der Waals surface area contributed by atoms with Gasteiger partial charge < -0.3 is 27.9 Å². The molecule has 0 bridgehead atoms. The fraction of sp³-hybridized carbons (Fsp3) is 0.718. The van der Waals surface area contributed by atoms with E-state index >= 15 is 0 Å². The maximum absolute atomic E-state index is 12.9. The standard InChI is InChI=1S/C78H136NO8P/c1-6-8-10-12-14-16-18-20-22-24-26-28-30-32-34-35-36-37-38-39-40-41-42-43-45-47-49-51-53-55-57-59-61-63-65-67-69-71-78(81)87-76(75-86-88(82,83)85-73-72-79(3,4)5)74-84-77(80)70-68-66-64-62-60-58-56-54-52-50-48-46-44-33-31-29-27-25-23-21-19-17-15-13-11-9-7-2/h8,10,14,16,20,22,25-28,32,34,36-37,39-40,42-43,47,49,76H,6-7,9,11-13,15,17-19,21,23-24,29-31,33,35,38,41,44-46,48,50-75H2,1-5H3/b10-8-,16-14-,22-20-,27-25-,28-26-,34-32-,37-36-,40-39-,43-42-,49-47-. The minimum absolute atomic E-state index is 0.0363. The lowest BCUT2D eigenvalue weighted by atomic mass is 10.0. The van der Waals surface area contributed by atoms with Crippen LogP contribution in [0.4, 0.5) is 0 Å². The van der Waals surface area contributed by atoms with Crippen molar-refractivity contribution in [2.75, 3.05) is 47.5 Å². The Morgan fingerprint density at radius 1 is 0.364 bits per heavy atom. The molecule has 0 radical (unpaired) electrons. The van der Waals surface area contributed by atoms with Gasteiger partial charge in [-0.05, 0) is 109 Å². The Morgan fingerprint density at radius 2 is 0.648 bits per heavy atom. The van der Waals surface area contributed by atoms with Crippen molar-refractivity contribution in [3.63, 3.8) is 0 Å². The van der Waals surface area contributed by atoms with Gasteiger partial charge in [0.2, 0.25) is 0 Å². The molecule has 10 heteroatoms. The third-order valence-electron chi connectivity index (χ3n) is 15.5. The van der Waals surface area contributed by atoms with Crippen LogP contribution < -0.4 is 4.89 Å². The summed E-state index contributed by atoms with van der Waals surface area (Å²) in [6.45, 7) is 4.14. The van der Waals surface area contributed by atoms with Gasteiger partial charge in [0.25, 0.3) is 7.82 Å². The maximum atomic E-state index is 12.9. The zero-order valence-electron chi connectivity index (χ0n) is 57.6. The van der Waals surface area contributed by atoms with Crippen LogP contribution in [0.15, 0.2) is 122 Å². The highest BCUT2D eigenvalue weighted by atomic mass is 31.2. The Morgan fingerprint density at radius 3 is 0.977 bits per heavy atom. The van der Waals surface area contributed by atoms with Crippen molar-refractivity contribution in [3.8, 4) is 0 Å². The number of likely N-dealkylation sites (N-methyl/N-ethyl adjacent to an activating group) is 1. The topological polar surface area (TPSA) is 111 Å². The third kappa shape index (κ3) is 71.5. The Hall–Kier alpha value is -3.59. The first-order valence-electron chi connectivity index (χ1n) is 36.2. The Kier molecular flexibility index (Phi) is 65.0. The van der Waals surface area contributed by atoms with Gasteiger partial charge in [0.05, 0.1) is 27.7 Å². The molecular formula is C78H136NO8P. The Bertz CT molecular complexity index is 1900. The second-order valence-corrected chi connectivity index (χ2v) is 26.6. The van der Waals surface area contributed by atoms with E-state index in [1.165, 1.54) is 173 Å². The van der Waals surface area contributed by atoms with Crippen LogP contribution in [-0.2, 0) is 32.7 Å². The first kappa shape index (κ1) is 84.4. The number of quaternary nitrogens is 1. The maximum Gasteiger partial charge on any atom is 0.306 e. The highest BCUT2D eigenvalue weighted by Gasteiger charge is 2.22. The summed E-state index contributed by atoms with van der Waals surface area (Å²) in [5.41, 5.74) is 0. The summed E-state index contributed by atoms with van der Waals surface area (Å²) in [4.78, 5) is 38.1. The van der Waals surface area contributed by atoms with Crippen LogP contribution >= 0.6 is 7.82 Å². The Labute approximate surface area is 543 Å². The molecule has 0 heterocycles. The average Bonchev–Trinajstić information content (AvgIpc) is 3.68. The molecule has 0 rings (SSSR count). The lowest BCUT2D eigenvalue weighted by Crippen LogP contribution is -2.37. The molecular weight excluding hydrogens is 1110 g/mol. The summed E-state index contributed by atoms with van der Waals surface area (Å²) in [5.74, 6) is -0.836. The van der Waals surface area contributed by atoms with Crippen molar-refractivity contribution in [2.45, 2.75) is 315 Å². The molecule has 0 aromatic heterocycles. The summed E-state index contributed by atoms with van der Waals surface area (Å²) in [6.07, 6.45) is 97.1. The zero-order chi connectivity index (χ0) is 64.1. The van der Waals surface area contributed by atoms with E-state index in [0.717, 1.165) is 103 Å². The van der Waals surface area contributed by atoms with Crippen molar-refractivity contribution < 1.29 is 42.1 Å². The van der Waals surface area contributed by atoms with Crippen molar-refractivity contribution in [1.82, 2.24) is 0 Å². The molecule has 0 saturated carbocycles. The number of phosphoric ester groups is 1. The fourth-order valence-electron chi connectivity index (χ4n) is 9.94. The number of esters is 2. The molecule has 506 valence electrons. The molecule has 2 unspecified atom stereocenters. The number of carbonyl (C=O) groups is 2. The van der Waals surface area contributed by atoms with Crippen LogP contribution in [0.5, 0.6) is 0 Å². The number of ether oxygens (including phenoxy) is 2. The van der Waals surface area contributed by atoms with Gasteiger partial charge in [0.1, 0.15) is 19.8 Å². The molecule has 0 fully saturated rings. The quantitative estimate of drug-likeness (QED) is 0.0195. The van der Waals surface area contributed by atoms with Crippen LogP contribution in [0, 0.1) is 0 Å². The molecule has 2 atom stereocenters. The van der Waals surface area contributed by atoms with Gasteiger partial charge in [-0.2, -0.15) is 0 Å². The molecule has 88 heavy (non-hydrogen) atoms. The van der Waals surface area contributed by atoms with Crippen molar-refractivity contribution in [2.24, 2.45) is 0 Å². The first-order chi connectivity index (χ1) is 43.0. The van der Waals surface area contributed by atoms with E-state index in [0.29, 0.717) is 17.4 Å². The smallest absolute Gasteiger partial charge is 0.306 e. The van der Waals surface area contributed by atoms with Gasteiger partial charge in [0, 0.05) is 12.8 Å². The van der Waals surface area contributed by atoms with Crippen molar-refractivity contribution >= 4 is 19.8 Å². The minimum atomic E-state index is -4.65. The number of hydrogen-bond donors (Lipinski definition) is 0. The normalized spacial score (nSPS) is 13.8. The molecule has 0 aliphatic rings. The number of rotatable bonds is 66. The van der Waals surface area contributed by atoms with Crippen LogP contribution in [0.2, 0.25) is 0 Å². The van der Waals surface area contributed by atoms with E-state index in [1.807, 2.05) is 21.1 Å². The molecule has 9 nitrogen and oxygen atoms in total. The van der Waals surface area contributed by atoms with Gasteiger partial charge in [-0.15, -0.1) is 0 Å². The van der Waals surface area contributed by atoms with E-state index in [1.54, 1.807) is 0 Å². The largest absolute Gasteiger partial charge is 0.756 e. The highest BCUT2D eigenvalue weighted by Crippen LogP contribution is 2.38. The Balaban J connectivity index is 4.08. The van der Waals surface area contributed by atoms with E-state index in [2.05, 4.69) is 135 Å². The van der Waals surface area contributed by atoms with Gasteiger partial charge in [-0.3, -0.25) is 14.2 Å². The molecule has 0 aromatic rings. The minimum Gasteiger partial charge on any atom is -0.756 e. The van der Waals surface area contributed by atoms with Crippen LogP contribution in [-0.4, -0.2) is 70.0 Å². The van der Waals surface area contributed by atoms with Gasteiger partial charge in [0.15, 0.2) is 6.10 Å². The van der Waals surface area contributed by atoms with E-state index in [9.17, 15) is 19.0 Å². The second kappa shape index (κ2) is 67.8. The fourth-order valence-corrected chi connectivity index (χ4v) is 10.7. The second-order valence-electron chi connectivity index (χ2n) is 25.2. The predicted octanol–water partition coefficient (Wildman–Crippen LogP) is 23.2. The number of hydrogen-bond acceptors (Lipinski definition) is 8. The van der Waals surface area contributed by atoms with Gasteiger partial charge in [-0.1, -0.05) is 309 Å². The SMILES string of the molecule is CC/C=C\C/C=C\C/C=C\C/C=C\C/C=C\C/C=C\C/C=C\C/C=C\C/C=C\CCCCCCCCCCCC(=O)OC(COC(=O)CCCCCCCCCCCCCCCCC/C=C\CCCCCCCCCC)COP(=O)([O-])OCC[N+](C)(C)C. The third-order valence-corrected chi connectivity index (χ3v) is 16.4. The lowest BCUT2D eigenvalue weighted by Gasteiger charge is -2.28. The number of phosphoric acid groups is 1. The number of nitrogens with zero attached hydrogens (tertiary/aromatic N) is 1. The van der Waals surface area contributed by atoms with Crippen LogP contribution in [0.3, 0.4) is 0 Å². The van der Waals surface area contributed by atoms with E-state index < -0.39 is 26.5 Å². The molecule has 0 spiro atoms. The van der Waals surface area contributed by atoms with Crippen LogP contribution in [0.1, 0.15) is 309 Å². The molecule has 0 aromatic carbocycles. The summed E-state index contributed by atoms with van der Waals surface area (Å²) in [7, 11) is 1.16. The molecule has 0 aliphatic carbocycles. The first-order valence-corrected chi connectivity index (χ1v) is 37.7. The summed E-state index contributed by atoms with van der Waals surface area (Å²) < 4.78 is 34.3. The molecule has 0 saturated heterocycles. The summed E-state index contributed by atoms with van der Waals surface area (Å²) in [6, 6.07) is 0. The summed E-state index contributed by atoms with van der Waals surface area (Å²) >= 11 is 0. The van der Waals surface area contributed by atoms with Gasteiger partial charge >= 0.3 is 11.9 Å². The van der Waals surface area contributed by atoms with Crippen molar-refractivity contribution in [3.05, 3.63) is 122 Å². The number of unbranched alkanes of at least 4 members (excludes halogenated alkanes) is 32. The predicted molar refractivity (Wildman–Crippen MR) is 378 cm³/mol. The zero-order valence-corrected chi connectivity index (χ0v) is 58.5. The number of carbonyl (C=O) groups excluding carboxylic acids is 2. The average molecular weight is 1250 g/mol. The van der Waals surface area contributed by atoms with E-state index in [4.69, 9.17) is 18.5 Å². The van der Waals surface area contributed by atoms with Crippen molar-refractivity contribution in [1.29, 1.82) is 0 Å².